The van der Waals surface area contributed by atoms with Crippen molar-refractivity contribution in [3.05, 3.63) is 52.9 Å². The van der Waals surface area contributed by atoms with Gasteiger partial charge in [-0.3, -0.25) is 4.99 Å². The van der Waals surface area contributed by atoms with Crippen molar-refractivity contribution in [2.75, 3.05) is 26.2 Å². The molecule has 1 aliphatic heterocycles. The van der Waals surface area contributed by atoms with Gasteiger partial charge in [0.25, 0.3) is 0 Å². The van der Waals surface area contributed by atoms with Gasteiger partial charge in [0.1, 0.15) is 5.76 Å². The van der Waals surface area contributed by atoms with Crippen molar-refractivity contribution in [3.8, 4) is 0 Å². The molecule has 0 amide bonds. The zero-order chi connectivity index (χ0) is 19.4. The van der Waals surface area contributed by atoms with Crippen LogP contribution in [0.15, 0.2) is 39.8 Å². The first kappa shape index (κ1) is 19.5. The summed E-state index contributed by atoms with van der Waals surface area (Å²) < 4.78 is 5.32. The Kier molecular flexibility index (Phi) is 5.88. The van der Waals surface area contributed by atoms with Crippen molar-refractivity contribution in [1.82, 2.24) is 15.4 Å². The summed E-state index contributed by atoms with van der Waals surface area (Å²) in [6, 6.07) is 10.8. The van der Waals surface area contributed by atoms with Gasteiger partial charge in [-0.05, 0) is 32.8 Å². The fraction of sp³-hybridized carbons (Fsp3) is 0.545. The summed E-state index contributed by atoms with van der Waals surface area (Å²) in [5, 5.41) is 7.56. The molecule has 0 aliphatic carbocycles. The zero-order valence-corrected chi connectivity index (χ0v) is 17.2. The molecule has 0 radical (unpaired) electrons. The lowest BCUT2D eigenvalue weighted by Crippen LogP contribution is -2.41. The van der Waals surface area contributed by atoms with Crippen LogP contribution in [-0.2, 0) is 5.41 Å². The number of aryl methyl sites for hydroxylation is 2. The van der Waals surface area contributed by atoms with Crippen LogP contribution in [0.5, 0.6) is 0 Å². The van der Waals surface area contributed by atoms with E-state index >= 15 is 0 Å². The Hall–Kier alpha value is -2.30. The summed E-state index contributed by atoms with van der Waals surface area (Å²) in [6.45, 7) is 14.3. The number of hydrogen-bond acceptors (Lipinski definition) is 3. The quantitative estimate of drug-likeness (QED) is 0.640. The number of guanidine groups is 1. The molecule has 3 rings (SSSR count). The molecule has 1 aromatic carbocycles. The number of benzene rings is 1. The van der Waals surface area contributed by atoms with Gasteiger partial charge in [0, 0.05) is 43.1 Å². The maximum absolute atomic E-state index is 5.32. The largest absolute Gasteiger partial charge is 0.361 e. The topological polar surface area (TPSA) is 53.7 Å². The molecule has 2 unspecified atom stereocenters. The van der Waals surface area contributed by atoms with E-state index in [0.29, 0.717) is 0 Å². The minimum absolute atomic E-state index is 0.171. The highest BCUT2D eigenvalue weighted by Crippen LogP contribution is 2.34. The predicted molar refractivity (Wildman–Crippen MR) is 110 cm³/mol. The molecule has 2 aromatic rings. The Morgan fingerprint density at radius 2 is 2.07 bits per heavy atom. The molecule has 146 valence electrons. The summed E-state index contributed by atoms with van der Waals surface area (Å²) in [4.78, 5) is 7.35. The summed E-state index contributed by atoms with van der Waals surface area (Å²) in [7, 11) is 0. The van der Waals surface area contributed by atoms with Gasteiger partial charge in [0.05, 0.1) is 5.69 Å². The van der Waals surface area contributed by atoms with E-state index in [1.54, 1.807) is 0 Å². The molecule has 27 heavy (non-hydrogen) atoms. The van der Waals surface area contributed by atoms with E-state index in [-0.39, 0.29) is 11.3 Å². The Morgan fingerprint density at radius 3 is 2.70 bits per heavy atom. The van der Waals surface area contributed by atoms with E-state index in [4.69, 9.17) is 9.52 Å². The first-order valence-corrected chi connectivity index (χ1v) is 9.96. The second kappa shape index (κ2) is 8.15. The molecule has 5 nitrogen and oxygen atoms in total. The maximum atomic E-state index is 5.32. The highest BCUT2D eigenvalue weighted by Gasteiger charge is 2.36. The van der Waals surface area contributed by atoms with Gasteiger partial charge in [-0.25, -0.2) is 0 Å². The molecule has 5 heteroatoms. The molecule has 0 bridgehead atoms. The second-order valence-corrected chi connectivity index (χ2v) is 7.93. The number of nitrogens with one attached hydrogen (secondary N) is 1. The number of aromatic nitrogens is 1. The minimum atomic E-state index is 0.171. The van der Waals surface area contributed by atoms with Gasteiger partial charge in [-0.2, -0.15) is 0 Å². The lowest BCUT2D eigenvalue weighted by molar-refractivity contribution is 0.391. The SMILES string of the molecule is CCNC(=NCC(C)c1c(C)noc1C)N1CCC(C)(c2ccccc2)C1. The Bertz CT molecular complexity index is 763. The summed E-state index contributed by atoms with van der Waals surface area (Å²) in [6.07, 6.45) is 1.14. The third-order valence-electron chi connectivity index (χ3n) is 5.67. The molecule has 2 heterocycles. The third kappa shape index (κ3) is 4.18. The van der Waals surface area contributed by atoms with Crippen LogP contribution in [-0.4, -0.2) is 42.2 Å². The van der Waals surface area contributed by atoms with E-state index in [9.17, 15) is 0 Å². The van der Waals surface area contributed by atoms with Crippen molar-refractivity contribution in [2.45, 2.75) is 52.4 Å². The number of aliphatic imine (C=N–C) groups is 1. The van der Waals surface area contributed by atoms with Crippen LogP contribution in [0.25, 0.3) is 0 Å². The van der Waals surface area contributed by atoms with Crippen molar-refractivity contribution >= 4 is 5.96 Å². The number of likely N-dealkylation sites (tertiary alicyclic amines) is 1. The van der Waals surface area contributed by atoms with Crippen LogP contribution in [0.2, 0.25) is 0 Å². The fourth-order valence-electron chi connectivity index (χ4n) is 4.15. The van der Waals surface area contributed by atoms with E-state index in [0.717, 1.165) is 50.0 Å². The molecule has 1 fully saturated rings. The molecular formula is C22H32N4O. The average molecular weight is 369 g/mol. The highest BCUT2D eigenvalue weighted by molar-refractivity contribution is 5.80. The monoisotopic (exact) mass is 368 g/mol. The van der Waals surface area contributed by atoms with Crippen LogP contribution in [0.3, 0.4) is 0 Å². The Labute approximate surface area is 162 Å². The summed E-state index contributed by atoms with van der Waals surface area (Å²) in [5.41, 5.74) is 3.74. The molecule has 1 N–H and O–H groups in total. The standard InChI is InChI=1S/C22H32N4O/c1-6-23-21(24-14-16(2)20-17(3)25-27-18(20)4)26-13-12-22(5,15-26)19-10-8-7-9-11-19/h7-11,16H,6,12-15H2,1-5H3,(H,23,24). The number of hydrogen-bond donors (Lipinski definition) is 1. The molecule has 1 saturated heterocycles. The molecular weight excluding hydrogens is 336 g/mol. The predicted octanol–water partition coefficient (Wildman–Crippen LogP) is 4.02. The molecule has 1 aliphatic rings. The Balaban J connectivity index is 1.73. The van der Waals surface area contributed by atoms with Crippen LogP contribution in [0.4, 0.5) is 0 Å². The van der Waals surface area contributed by atoms with E-state index in [1.165, 1.54) is 11.1 Å². The van der Waals surface area contributed by atoms with Crippen molar-refractivity contribution in [3.63, 3.8) is 0 Å². The number of rotatable bonds is 5. The summed E-state index contributed by atoms with van der Waals surface area (Å²) in [5.74, 6) is 2.20. The molecule has 0 spiro atoms. The second-order valence-electron chi connectivity index (χ2n) is 7.93. The van der Waals surface area contributed by atoms with E-state index in [1.807, 2.05) is 13.8 Å². The first-order valence-electron chi connectivity index (χ1n) is 9.96. The maximum Gasteiger partial charge on any atom is 0.193 e. The van der Waals surface area contributed by atoms with Crippen molar-refractivity contribution in [1.29, 1.82) is 0 Å². The normalized spacial score (nSPS) is 21.5. The lowest BCUT2D eigenvalue weighted by atomic mass is 9.82. The van der Waals surface area contributed by atoms with Crippen LogP contribution in [0.1, 0.15) is 55.7 Å². The van der Waals surface area contributed by atoms with Gasteiger partial charge >= 0.3 is 0 Å². The van der Waals surface area contributed by atoms with Crippen molar-refractivity contribution < 1.29 is 4.52 Å². The summed E-state index contributed by atoms with van der Waals surface area (Å²) >= 11 is 0. The third-order valence-corrected chi connectivity index (χ3v) is 5.67. The van der Waals surface area contributed by atoms with Gasteiger partial charge < -0.3 is 14.7 Å². The fourth-order valence-corrected chi connectivity index (χ4v) is 4.15. The van der Waals surface area contributed by atoms with Gasteiger partial charge in [0.2, 0.25) is 0 Å². The zero-order valence-electron chi connectivity index (χ0n) is 17.2. The van der Waals surface area contributed by atoms with Gasteiger partial charge in [-0.15, -0.1) is 0 Å². The van der Waals surface area contributed by atoms with E-state index in [2.05, 4.69) is 66.5 Å². The van der Waals surface area contributed by atoms with Gasteiger partial charge in [0.15, 0.2) is 5.96 Å². The van der Waals surface area contributed by atoms with E-state index < -0.39 is 0 Å². The smallest absolute Gasteiger partial charge is 0.193 e. The van der Waals surface area contributed by atoms with Crippen LogP contribution >= 0.6 is 0 Å². The number of nitrogens with zero attached hydrogens (tertiary/aromatic N) is 3. The Morgan fingerprint density at radius 1 is 1.33 bits per heavy atom. The average Bonchev–Trinajstić information content (AvgIpc) is 3.22. The van der Waals surface area contributed by atoms with Crippen LogP contribution < -0.4 is 5.32 Å². The van der Waals surface area contributed by atoms with Gasteiger partial charge in [-0.1, -0.05) is 49.3 Å². The lowest BCUT2D eigenvalue weighted by Gasteiger charge is -2.27. The first-order chi connectivity index (χ1) is 12.9. The van der Waals surface area contributed by atoms with Crippen LogP contribution in [0, 0.1) is 13.8 Å². The molecule has 0 saturated carbocycles. The molecule has 1 aromatic heterocycles. The molecule has 2 atom stereocenters. The highest BCUT2D eigenvalue weighted by atomic mass is 16.5. The van der Waals surface area contributed by atoms with Crippen molar-refractivity contribution in [2.24, 2.45) is 4.99 Å². The minimum Gasteiger partial charge on any atom is -0.361 e.